The van der Waals surface area contributed by atoms with Gasteiger partial charge in [-0.05, 0) is 37.1 Å². The van der Waals surface area contributed by atoms with Crippen molar-refractivity contribution in [1.29, 1.82) is 0 Å². The van der Waals surface area contributed by atoms with E-state index in [0.29, 0.717) is 11.1 Å². The number of aryl methyl sites for hydroxylation is 1. The molecule has 0 atom stereocenters. The number of rotatable bonds is 4. The maximum atomic E-state index is 11.6. The van der Waals surface area contributed by atoms with Gasteiger partial charge in [-0.2, -0.15) is 0 Å². The molecule has 0 bridgehead atoms. The van der Waals surface area contributed by atoms with E-state index in [9.17, 15) is 21.6 Å². The van der Waals surface area contributed by atoms with Crippen LogP contribution in [0.3, 0.4) is 0 Å². The molecular formula is C11H16N2O5S2. The summed E-state index contributed by atoms with van der Waals surface area (Å²) in [6, 6.07) is 2.59. The highest BCUT2D eigenvalue weighted by Gasteiger charge is 2.16. The number of nitrogens with two attached hydrogens (primary N) is 1. The molecule has 0 aliphatic heterocycles. The van der Waals surface area contributed by atoms with E-state index < -0.39 is 31.5 Å². The number of sulfone groups is 1. The first-order valence-corrected chi connectivity index (χ1v) is 9.12. The van der Waals surface area contributed by atoms with Gasteiger partial charge in [-0.25, -0.2) is 22.0 Å². The molecule has 1 aromatic carbocycles. The maximum absolute atomic E-state index is 11.6. The number of amides is 1. The highest BCUT2D eigenvalue weighted by molar-refractivity contribution is 7.91. The van der Waals surface area contributed by atoms with Crippen molar-refractivity contribution in [1.82, 2.24) is 0 Å². The van der Waals surface area contributed by atoms with Gasteiger partial charge in [-0.15, -0.1) is 0 Å². The summed E-state index contributed by atoms with van der Waals surface area (Å²) in [6.45, 7) is 3.34. The van der Waals surface area contributed by atoms with Gasteiger partial charge >= 0.3 is 0 Å². The molecular weight excluding hydrogens is 304 g/mol. The summed E-state index contributed by atoms with van der Waals surface area (Å²) in [6.07, 6.45) is 0.936. The van der Waals surface area contributed by atoms with Crippen molar-refractivity contribution in [2.75, 3.05) is 17.3 Å². The molecule has 0 spiro atoms. The smallest absolute Gasteiger partial charge is 0.239 e. The molecule has 7 nitrogen and oxygen atoms in total. The third kappa shape index (κ3) is 4.58. The third-order valence-electron chi connectivity index (χ3n) is 2.64. The first kappa shape index (κ1) is 16.6. The molecule has 0 aliphatic carbocycles. The van der Waals surface area contributed by atoms with E-state index in [-0.39, 0.29) is 10.6 Å². The fourth-order valence-corrected chi connectivity index (χ4v) is 2.72. The Kier molecular flexibility index (Phi) is 4.57. The fraction of sp³-hybridized carbons (Fsp3) is 0.364. The first-order valence-electron chi connectivity index (χ1n) is 5.52. The SMILES string of the molecule is Cc1cc(S(N)(=O)=O)cc(NC(=O)CS(C)(=O)=O)c1C. The average molecular weight is 320 g/mol. The fourth-order valence-electron chi connectivity index (χ4n) is 1.54. The van der Waals surface area contributed by atoms with Gasteiger partial charge in [-0.1, -0.05) is 0 Å². The Labute approximate surface area is 118 Å². The Bertz CT molecular complexity index is 751. The van der Waals surface area contributed by atoms with Crippen LogP contribution in [0.4, 0.5) is 5.69 Å². The lowest BCUT2D eigenvalue weighted by Crippen LogP contribution is -2.23. The number of benzene rings is 1. The van der Waals surface area contributed by atoms with Gasteiger partial charge in [0.15, 0.2) is 9.84 Å². The maximum Gasteiger partial charge on any atom is 0.239 e. The van der Waals surface area contributed by atoms with Crippen molar-refractivity contribution in [2.24, 2.45) is 5.14 Å². The van der Waals surface area contributed by atoms with Crippen LogP contribution in [0.25, 0.3) is 0 Å². The van der Waals surface area contributed by atoms with E-state index in [0.717, 1.165) is 6.26 Å². The summed E-state index contributed by atoms with van der Waals surface area (Å²) >= 11 is 0. The van der Waals surface area contributed by atoms with Gasteiger partial charge in [0, 0.05) is 11.9 Å². The molecule has 0 radical (unpaired) electrons. The molecule has 1 aromatic rings. The Morgan fingerprint density at radius 2 is 1.75 bits per heavy atom. The lowest BCUT2D eigenvalue weighted by atomic mass is 10.1. The molecule has 0 saturated heterocycles. The number of sulfonamides is 1. The predicted octanol–water partition coefficient (Wildman–Crippen LogP) is -0.0661. The number of hydrogen-bond acceptors (Lipinski definition) is 5. The largest absolute Gasteiger partial charge is 0.325 e. The summed E-state index contributed by atoms with van der Waals surface area (Å²) in [7, 11) is -7.36. The Morgan fingerprint density at radius 1 is 1.20 bits per heavy atom. The van der Waals surface area contributed by atoms with Crippen molar-refractivity contribution in [3.05, 3.63) is 23.3 Å². The topological polar surface area (TPSA) is 123 Å². The predicted molar refractivity (Wildman–Crippen MR) is 75.6 cm³/mol. The third-order valence-corrected chi connectivity index (χ3v) is 4.32. The number of nitrogens with one attached hydrogen (secondary N) is 1. The summed E-state index contributed by atoms with van der Waals surface area (Å²) in [5.41, 5.74) is 1.48. The van der Waals surface area contributed by atoms with Gasteiger partial charge in [0.25, 0.3) is 0 Å². The lowest BCUT2D eigenvalue weighted by Gasteiger charge is -2.12. The van der Waals surface area contributed by atoms with Crippen LogP contribution in [0.5, 0.6) is 0 Å². The van der Waals surface area contributed by atoms with Gasteiger partial charge in [0.05, 0.1) is 4.90 Å². The van der Waals surface area contributed by atoms with Crippen LogP contribution >= 0.6 is 0 Å². The van der Waals surface area contributed by atoms with Crippen molar-refractivity contribution in [2.45, 2.75) is 18.7 Å². The van der Waals surface area contributed by atoms with Crippen LogP contribution in [0, 0.1) is 13.8 Å². The molecule has 20 heavy (non-hydrogen) atoms. The van der Waals surface area contributed by atoms with Crippen LogP contribution in [0.15, 0.2) is 17.0 Å². The van der Waals surface area contributed by atoms with Crippen LogP contribution in [-0.4, -0.2) is 34.8 Å². The first-order chi connectivity index (χ1) is 8.90. The van der Waals surface area contributed by atoms with Gasteiger partial charge in [0.1, 0.15) is 5.75 Å². The highest BCUT2D eigenvalue weighted by Crippen LogP contribution is 2.23. The summed E-state index contributed by atoms with van der Waals surface area (Å²) in [4.78, 5) is 11.4. The van der Waals surface area contributed by atoms with Gasteiger partial charge in [-0.3, -0.25) is 4.79 Å². The number of carbonyl (C=O) groups is 1. The quantitative estimate of drug-likeness (QED) is 0.804. The molecule has 0 saturated carbocycles. The molecule has 112 valence electrons. The minimum Gasteiger partial charge on any atom is -0.325 e. The number of carbonyl (C=O) groups excluding carboxylic acids is 1. The van der Waals surface area contributed by atoms with E-state index >= 15 is 0 Å². The van der Waals surface area contributed by atoms with E-state index in [2.05, 4.69) is 5.32 Å². The molecule has 0 aromatic heterocycles. The second-order valence-electron chi connectivity index (χ2n) is 4.58. The van der Waals surface area contributed by atoms with Crippen LogP contribution in [-0.2, 0) is 24.7 Å². The van der Waals surface area contributed by atoms with E-state index in [1.807, 2.05) is 0 Å². The molecule has 1 rings (SSSR count). The summed E-state index contributed by atoms with van der Waals surface area (Å²) in [5, 5.41) is 7.42. The second-order valence-corrected chi connectivity index (χ2v) is 8.28. The van der Waals surface area contributed by atoms with Crippen molar-refractivity contribution >= 4 is 31.5 Å². The minimum atomic E-state index is -3.91. The zero-order chi connectivity index (χ0) is 15.7. The lowest BCUT2D eigenvalue weighted by molar-refractivity contribution is -0.113. The van der Waals surface area contributed by atoms with E-state index in [1.54, 1.807) is 13.8 Å². The van der Waals surface area contributed by atoms with Gasteiger partial charge < -0.3 is 5.32 Å². The second kappa shape index (κ2) is 5.51. The Balaban J connectivity index is 3.19. The van der Waals surface area contributed by atoms with Crippen LogP contribution < -0.4 is 10.5 Å². The molecule has 0 heterocycles. The molecule has 9 heteroatoms. The van der Waals surface area contributed by atoms with Crippen LogP contribution in [0.2, 0.25) is 0 Å². The normalized spacial score (nSPS) is 12.2. The molecule has 0 fully saturated rings. The summed E-state index contributed by atoms with van der Waals surface area (Å²) in [5.74, 6) is -1.41. The zero-order valence-corrected chi connectivity index (χ0v) is 12.9. The van der Waals surface area contributed by atoms with Crippen molar-refractivity contribution in [3.8, 4) is 0 Å². The van der Waals surface area contributed by atoms with Crippen molar-refractivity contribution < 1.29 is 21.6 Å². The standard InChI is InChI=1S/C11H16N2O5S2/c1-7-4-9(20(12,17)18)5-10(8(7)2)13-11(14)6-19(3,15)16/h4-5H,6H2,1-3H3,(H,13,14)(H2,12,17,18). The van der Waals surface area contributed by atoms with Crippen molar-refractivity contribution in [3.63, 3.8) is 0 Å². The summed E-state index contributed by atoms with van der Waals surface area (Å²) < 4.78 is 44.7. The molecule has 3 N–H and O–H groups in total. The number of hydrogen-bond donors (Lipinski definition) is 2. The van der Waals surface area contributed by atoms with Crippen LogP contribution in [0.1, 0.15) is 11.1 Å². The van der Waals surface area contributed by atoms with E-state index in [1.165, 1.54) is 12.1 Å². The monoisotopic (exact) mass is 320 g/mol. The molecule has 1 amide bonds. The average Bonchev–Trinajstić information content (AvgIpc) is 2.20. The number of primary sulfonamides is 1. The highest BCUT2D eigenvalue weighted by atomic mass is 32.2. The number of anilines is 1. The Hall–Kier alpha value is -1.45. The molecule has 0 unspecified atom stereocenters. The van der Waals surface area contributed by atoms with E-state index in [4.69, 9.17) is 5.14 Å². The Morgan fingerprint density at radius 3 is 2.20 bits per heavy atom. The van der Waals surface area contributed by atoms with Gasteiger partial charge in [0.2, 0.25) is 15.9 Å². The minimum absolute atomic E-state index is 0.143. The zero-order valence-electron chi connectivity index (χ0n) is 11.3. The molecule has 0 aliphatic rings.